The van der Waals surface area contributed by atoms with Gasteiger partial charge in [0.2, 0.25) is 0 Å². The van der Waals surface area contributed by atoms with Gasteiger partial charge in [-0.05, 0) is 44.7 Å². The predicted octanol–water partition coefficient (Wildman–Crippen LogP) is 5.01. The van der Waals surface area contributed by atoms with Crippen molar-refractivity contribution in [3.05, 3.63) is 45.0 Å². The summed E-state index contributed by atoms with van der Waals surface area (Å²) < 4.78 is 3.49. The van der Waals surface area contributed by atoms with Gasteiger partial charge in [-0.2, -0.15) is 0 Å². The van der Waals surface area contributed by atoms with Crippen molar-refractivity contribution in [3.8, 4) is 11.3 Å². The van der Waals surface area contributed by atoms with Crippen LogP contribution in [0.5, 0.6) is 0 Å². The Kier molecular flexibility index (Phi) is 2.97. The molecule has 102 valence electrons. The molecule has 0 amide bonds. The lowest BCUT2D eigenvalue weighted by molar-refractivity contribution is 0.672. The Bertz CT molecular complexity index is 783. The van der Waals surface area contributed by atoms with Crippen LogP contribution in [0.4, 0.5) is 0 Å². The predicted molar refractivity (Wildman–Crippen MR) is 87.6 cm³/mol. The first kappa shape index (κ1) is 12.6. The van der Waals surface area contributed by atoms with Crippen molar-refractivity contribution in [2.75, 3.05) is 0 Å². The van der Waals surface area contributed by atoms with Crippen LogP contribution in [-0.4, -0.2) is 9.38 Å². The molecular formula is C16H15BrN2S. The van der Waals surface area contributed by atoms with Crippen LogP contribution in [0.25, 0.3) is 16.2 Å². The lowest BCUT2D eigenvalue weighted by Crippen LogP contribution is -2.03. The minimum absolute atomic E-state index is 1.11. The van der Waals surface area contributed by atoms with Crippen molar-refractivity contribution in [2.24, 2.45) is 0 Å². The van der Waals surface area contributed by atoms with E-state index < -0.39 is 0 Å². The monoisotopic (exact) mass is 346 g/mol. The van der Waals surface area contributed by atoms with E-state index in [4.69, 9.17) is 4.98 Å². The number of aryl methyl sites for hydroxylation is 3. The summed E-state index contributed by atoms with van der Waals surface area (Å²) in [5.41, 5.74) is 5.11. The van der Waals surface area contributed by atoms with Crippen LogP contribution in [0.15, 0.2) is 28.7 Å². The summed E-state index contributed by atoms with van der Waals surface area (Å²) in [5.74, 6) is 0. The van der Waals surface area contributed by atoms with E-state index in [1.54, 1.807) is 4.88 Å². The van der Waals surface area contributed by atoms with Gasteiger partial charge in [0, 0.05) is 26.3 Å². The van der Waals surface area contributed by atoms with Gasteiger partial charge in [0.05, 0.1) is 5.69 Å². The summed E-state index contributed by atoms with van der Waals surface area (Å²) >= 11 is 5.36. The van der Waals surface area contributed by atoms with E-state index in [1.807, 2.05) is 11.3 Å². The largest absolute Gasteiger partial charge is 0.291 e. The Morgan fingerprint density at radius 1 is 1.15 bits per heavy atom. The lowest BCUT2D eigenvalue weighted by Gasteiger charge is -2.11. The summed E-state index contributed by atoms with van der Waals surface area (Å²) in [4.78, 5) is 7.59. The zero-order chi connectivity index (χ0) is 13.7. The highest BCUT2D eigenvalue weighted by molar-refractivity contribution is 9.10. The molecule has 0 unspecified atom stereocenters. The molecule has 0 atom stereocenters. The van der Waals surface area contributed by atoms with Crippen LogP contribution in [0.1, 0.15) is 29.1 Å². The molecule has 1 aliphatic carbocycles. The Labute approximate surface area is 130 Å². The molecule has 0 saturated heterocycles. The minimum Gasteiger partial charge on any atom is -0.291 e. The molecule has 0 aliphatic heterocycles. The second-order valence-corrected chi connectivity index (χ2v) is 7.33. The third kappa shape index (κ3) is 1.85. The number of rotatable bonds is 1. The Balaban J connectivity index is 1.91. The first-order valence-electron chi connectivity index (χ1n) is 6.99. The maximum Gasteiger partial charge on any atom is 0.194 e. The molecule has 0 fully saturated rings. The molecule has 2 heterocycles. The molecule has 3 aromatic rings. The van der Waals surface area contributed by atoms with Gasteiger partial charge in [0.15, 0.2) is 4.96 Å². The number of hydrogen-bond acceptors (Lipinski definition) is 2. The Morgan fingerprint density at radius 3 is 2.70 bits per heavy atom. The molecule has 4 rings (SSSR count). The molecule has 2 aromatic heterocycles. The van der Waals surface area contributed by atoms with E-state index in [2.05, 4.69) is 51.5 Å². The number of imidazole rings is 1. The van der Waals surface area contributed by atoms with Crippen LogP contribution in [0, 0.1) is 6.92 Å². The van der Waals surface area contributed by atoms with E-state index in [0.717, 1.165) is 15.1 Å². The fourth-order valence-corrected chi connectivity index (χ4v) is 4.58. The van der Waals surface area contributed by atoms with E-state index >= 15 is 0 Å². The molecule has 0 radical (unpaired) electrons. The number of nitrogens with zero attached hydrogens (tertiary/aromatic N) is 2. The second kappa shape index (κ2) is 4.71. The number of hydrogen-bond donors (Lipinski definition) is 0. The van der Waals surface area contributed by atoms with E-state index in [0.29, 0.717) is 0 Å². The fraction of sp³-hybridized carbons (Fsp3) is 0.312. The number of aromatic nitrogens is 2. The minimum atomic E-state index is 1.11. The molecule has 20 heavy (non-hydrogen) atoms. The van der Waals surface area contributed by atoms with Crippen LogP contribution >= 0.6 is 27.3 Å². The zero-order valence-electron chi connectivity index (χ0n) is 11.3. The topological polar surface area (TPSA) is 17.3 Å². The maximum atomic E-state index is 4.88. The van der Waals surface area contributed by atoms with Crippen molar-refractivity contribution in [1.82, 2.24) is 9.38 Å². The highest BCUT2D eigenvalue weighted by Crippen LogP contribution is 2.34. The smallest absolute Gasteiger partial charge is 0.194 e. The number of fused-ring (bicyclic) bond motifs is 3. The first-order chi connectivity index (χ1) is 9.74. The molecule has 4 heteroatoms. The van der Waals surface area contributed by atoms with Gasteiger partial charge < -0.3 is 0 Å². The zero-order valence-corrected chi connectivity index (χ0v) is 13.7. The molecule has 1 aromatic carbocycles. The van der Waals surface area contributed by atoms with Gasteiger partial charge in [-0.15, -0.1) is 11.3 Å². The van der Waals surface area contributed by atoms with Crippen LogP contribution in [0.2, 0.25) is 0 Å². The quantitative estimate of drug-likeness (QED) is 0.605. The summed E-state index contributed by atoms with van der Waals surface area (Å²) in [5, 5.41) is 0. The standard InChI is InChI=1S/C16H15BrN2S/c1-10-15(11-6-8-12(17)9-7-11)18-16-19(10)13-4-2-3-5-14(13)20-16/h6-9H,2-5H2,1H3. The number of thiazole rings is 1. The van der Waals surface area contributed by atoms with E-state index in [1.165, 1.54) is 42.6 Å². The molecule has 0 spiro atoms. The highest BCUT2D eigenvalue weighted by Gasteiger charge is 2.20. The van der Waals surface area contributed by atoms with Gasteiger partial charge in [-0.3, -0.25) is 4.40 Å². The normalized spacial score (nSPS) is 14.7. The summed E-state index contributed by atoms with van der Waals surface area (Å²) in [6.07, 6.45) is 5.07. The van der Waals surface area contributed by atoms with Gasteiger partial charge in [0.25, 0.3) is 0 Å². The van der Waals surface area contributed by atoms with Gasteiger partial charge >= 0.3 is 0 Å². The fourth-order valence-electron chi connectivity index (χ4n) is 3.06. The highest BCUT2D eigenvalue weighted by atomic mass is 79.9. The van der Waals surface area contributed by atoms with Crippen LogP contribution in [0.3, 0.4) is 0 Å². The van der Waals surface area contributed by atoms with Crippen molar-refractivity contribution in [3.63, 3.8) is 0 Å². The lowest BCUT2D eigenvalue weighted by atomic mass is 10.0. The van der Waals surface area contributed by atoms with Crippen molar-refractivity contribution in [2.45, 2.75) is 32.6 Å². The average Bonchev–Trinajstić information content (AvgIpc) is 2.97. The van der Waals surface area contributed by atoms with Crippen molar-refractivity contribution in [1.29, 1.82) is 0 Å². The molecule has 0 saturated carbocycles. The summed E-state index contributed by atoms with van der Waals surface area (Å²) in [6.45, 7) is 2.19. The summed E-state index contributed by atoms with van der Waals surface area (Å²) in [7, 11) is 0. The Hall–Kier alpha value is -1.13. The molecule has 0 bridgehead atoms. The molecule has 2 nitrogen and oxygen atoms in total. The SMILES string of the molecule is Cc1c(-c2ccc(Br)cc2)nc2sc3c(n12)CCCC3. The van der Waals surface area contributed by atoms with Crippen molar-refractivity contribution < 1.29 is 0 Å². The first-order valence-corrected chi connectivity index (χ1v) is 8.60. The van der Waals surface area contributed by atoms with Crippen LogP contribution in [-0.2, 0) is 12.8 Å². The second-order valence-electron chi connectivity index (χ2n) is 5.35. The number of halogens is 1. The van der Waals surface area contributed by atoms with Gasteiger partial charge in [0.1, 0.15) is 0 Å². The third-order valence-electron chi connectivity index (χ3n) is 4.07. The van der Waals surface area contributed by atoms with E-state index in [9.17, 15) is 0 Å². The summed E-state index contributed by atoms with van der Waals surface area (Å²) in [6, 6.07) is 8.43. The van der Waals surface area contributed by atoms with Crippen LogP contribution < -0.4 is 0 Å². The van der Waals surface area contributed by atoms with E-state index in [-0.39, 0.29) is 0 Å². The van der Waals surface area contributed by atoms with Gasteiger partial charge in [-0.25, -0.2) is 4.98 Å². The Morgan fingerprint density at radius 2 is 1.90 bits per heavy atom. The maximum absolute atomic E-state index is 4.88. The number of benzene rings is 1. The molecular weight excluding hydrogens is 332 g/mol. The van der Waals surface area contributed by atoms with Crippen molar-refractivity contribution >= 4 is 32.2 Å². The molecule has 0 N–H and O–H groups in total. The molecule has 1 aliphatic rings. The third-order valence-corrected chi connectivity index (χ3v) is 5.74. The average molecular weight is 347 g/mol. The van der Waals surface area contributed by atoms with Gasteiger partial charge in [-0.1, -0.05) is 28.1 Å².